The van der Waals surface area contributed by atoms with E-state index in [1.807, 2.05) is 84.9 Å². The van der Waals surface area contributed by atoms with Crippen molar-refractivity contribution in [3.63, 3.8) is 0 Å². The first-order valence-corrected chi connectivity index (χ1v) is 11.0. The van der Waals surface area contributed by atoms with E-state index in [-0.39, 0.29) is 17.3 Å². The molecule has 172 valence electrons. The second kappa shape index (κ2) is 9.57. The van der Waals surface area contributed by atoms with E-state index in [4.69, 9.17) is 14.2 Å². The number of carbonyl (C=O) groups is 2. The van der Waals surface area contributed by atoms with Crippen molar-refractivity contribution < 1.29 is 23.8 Å². The minimum absolute atomic E-state index is 0.170. The van der Waals surface area contributed by atoms with Crippen LogP contribution in [0.4, 0.5) is 16.2 Å². The summed E-state index contributed by atoms with van der Waals surface area (Å²) in [7, 11) is 1.57. The minimum Gasteiger partial charge on any atom is -0.496 e. The van der Waals surface area contributed by atoms with Gasteiger partial charge in [0, 0.05) is 11.6 Å². The molecule has 1 amide bonds. The van der Waals surface area contributed by atoms with Gasteiger partial charge in [-0.3, -0.25) is 4.79 Å². The Morgan fingerprint density at radius 1 is 0.829 bits per heavy atom. The van der Waals surface area contributed by atoms with E-state index in [0.717, 1.165) is 5.56 Å². The molecule has 0 saturated carbocycles. The molecule has 5 rings (SSSR count). The van der Waals surface area contributed by atoms with Crippen LogP contribution < -0.4 is 19.1 Å². The van der Waals surface area contributed by atoms with Gasteiger partial charge in [0.1, 0.15) is 17.2 Å². The van der Waals surface area contributed by atoms with Gasteiger partial charge in [-0.1, -0.05) is 54.6 Å². The number of methoxy groups -OCH3 is 1. The normalized spacial score (nSPS) is 13.2. The van der Waals surface area contributed by atoms with Crippen molar-refractivity contribution >= 4 is 29.3 Å². The Balaban J connectivity index is 1.41. The van der Waals surface area contributed by atoms with Crippen LogP contribution >= 0.6 is 0 Å². The molecule has 1 heterocycles. The number of hydrogen-bond acceptors (Lipinski definition) is 5. The zero-order chi connectivity index (χ0) is 24.2. The molecule has 0 bridgehead atoms. The number of nitrogens with zero attached hydrogens (tertiary/aromatic N) is 1. The Bertz CT molecular complexity index is 1370. The third-order valence-electron chi connectivity index (χ3n) is 5.48. The monoisotopic (exact) mass is 463 g/mol. The zero-order valence-electron chi connectivity index (χ0n) is 18.9. The minimum atomic E-state index is -0.587. The standard InChI is InChI=1S/C29H21NO5/c1-33-25-15-9-8-10-20(25)18-27-28(31)24-17-16-23(19-26(24)35-27)34-29(32)30(21-11-4-2-5-12-21)22-13-6-3-7-14-22/h2-19H,1H3/b27-18-. The van der Waals surface area contributed by atoms with Gasteiger partial charge in [-0.2, -0.15) is 0 Å². The van der Waals surface area contributed by atoms with Crippen molar-refractivity contribution in [2.75, 3.05) is 12.0 Å². The first-order valence-electron chi connectivity index (χ1n) is 11.0. The van der Waals surface area contributed by atoms with Crippen LogP contribution in [0.3, 0.4) is 0 Å². The number of carbonyl (C=O) groups excluding carboxylic acids is 2. The lowest BCUT2D eigenvalue weighted by molar-refractivity contribution is 0.101. The molecule has 1 aliphatic heterocycles. The van der Waals surface area contributed by atoms with E-state index in [1.165, 1.54) is 4.90 Å². The molecule has 0 aliphatic carbocycles. The van der Waals surface area contributed by atoms with Gasteiger partial charge in [0.2, 0.25) is 5.78 Å². The van der Waals surface area contributed by atoms with Crippen LogP contribution in [0, 0.1) is 0 Å². The average molecular weight is 463 g/mol. The molecule has 0 aromatic heterocycles. The highest BCUT2D eigenvalue weighted by Gasteiger charge is 2.29. The summed E-state index contributed by atoms with van der Waals surface area (Å²) in [5, 5.41) is 0. The van der Waals surface area contributed by atoms with Crippen LogP contribution in [-0.4, -0.2) is 19.0 Å². The summed E-state index contributed by atoms with van der Waals surface area (Å²) in [6, 6.07) is 30.5. The number of rotatable bonds is 5. The molecule has 4 aromatic carbocycles. The number of para-hydroxylation sites is 3. The van der Waals surface area contributed by atoms with Crippen LogP contribution in [0.2, 0.25) is 0 Å². The molecule has 0 unspecified atom stereocenters. The topological polar surface area (TPSA) is 65.1 Å². The molecular weight excluding hydrogens is 442 g/mol. The van der Waals surface area contributed by atoms with Gasteiger partial charge >= 0.3 is 6.09 Å². The summed E-state index contributed by atoms with van der Waals surface area (Å²) in [5.74, 6) is 1.13. The number of anilines is 2. The van der Waals surface area contributed by atoms with Gasteiger partial charge < -0.3 is 14.2 Å². The molecule has 6 heteroatoms. The number of Topliss-reactive ketones (excluding diaryl/α,β-unsaturated/α-hetero) is 1. The highest BCUT2D eigenvalue weighted by molar-refractivity contribution is 6.14. The fourth-order valence-corrected chi connectivity index (χ4v) is 3.82. The molecule has 0 spiro atoms. The molecule has 0 saturated heterocycles. The highest BCUT2D eigenvalue weighted by Crippen LogP contribution is 2.36. The SMILES string of the molecule is COc1ccccc1/C=C1\Oc2cc(OC(=O)N(c3ccccc3)c3ccccc3)ccc2C1=O. The van der Waals surface area contributed by atoms with E-state index in [2.05, 4.69) is 0 Å². The molecule has 1 aliphatic rings. The van der Waals surface area contributed by atoms with E-state index in [9.17, 15) is 9.59 Å². The fraction of sp³-hybridized carbons (Fsp3) is 0.0345. The van der Waals surface area contributed by atoms with Crippen LogP contribution in [0.25, 0.3) is 6.08 Å². The first-order chi connectivity index (χ1) is 17.1. The Morgan fingerprint density at radius 3 is 2.11 bits per heavy atom. The van der Waals surface area contributed by atoms with Crippen molar-refractivity contribution in [3.8, 4) is 17.2 Å². The van der Waals surface area contributed by atoms with Crippen molar-refractivity contribution in [1.82, 2.24) is 0 Å². The second-order valence-corrected chi connectivity index (χ2v) is 7.71. The van der Waals surface area contributed by atoms with E-state index >= 15 is 0 Å². The number of hydrogen-bond donors (Lipinski definition) is 0. The van der Waals surface area contributed by atoms with Crippen molar-refractivity contribution in [2.24, 2.45) is 0 Å². The molecule has 35 heavy (non-hydrogen) atoms. The lowest BCUT2D eigenvalue weighted by atomic mass is 10.1. The van der Waals surface area contributed by atoms with Gasteiger partial charge in [0.15, 0.2) is 5.76 Å². The predicted octanol–water partition coefficient (Wildman–Crippen LogP) is 6.65. The number of benzene rings is 4. The van der Waals surface area contributed by atoms with Crippen LogP contribution in [0.5, 0.6) is 17.2 Å². The Morgan fingerprint density at radius 2 is 1.46 bits per heavy atom. The van der Waals surface area contributed by atoms with Crippen molar-refractivity contribution in [1.29, 1.82) is 0 Å². The maximum atomic E-state index is 13.2. The summed E-state index contributed by atoms with van der Waals surface area (Å²) < 4.78 is 16.9. The van der Waals surface area contributed by atoms with E-state index < -0.39 is 6.09 Å². The second-order valence-electron chi connectivity index (χ2n) is 7.71. The molecule has 4 aromatic rings. The van der Waals surface area contributed by atoms with Gasteiger partial charge in [-0.25, -0.2) is 9.69 Å². The largest absolute Gasteiger partial charge is 0.496 e. The molecule has 0 radical (unpaired) electrons. The Kier molecular flexibility index (Phi) is 6.01. The smallest absolute Gasteiger partial charge is 0.424 e. The number of amides is 1. The summed E-state index contributed by atoms with van der Waals surface area (Å²) >= 11 is 0. The number of ether oxygens (including phenoxy) is 3. The quantitative estimate of drug-likeness (QED) is 0.310. The zero-order valence-corrected chi connectivity index (χ0v) is 18.9. The molecular formula is C29H21NO5. The van der Waals surface area contributed by atoms with Gasteiger partial charge in [-0.15, -0.1) is 0 Å². The lowest BCUT2D eigenvalue weighted by Gasteiger charge is -2.22. The number of allylic oxidation sites excluding steroid dienone is 1. The van der Waals surface area contributed by atoms with E-state index in [0.29, 0.717) is 28.4 Å². The van der Waals surface area contributed by atoms with Crippen molar-refractivity contribution in [2.45, 2.75) is 0 Å². The van der Waals surface area contributed by atoms with Crippen LogP contribution in [0.15, 0.2) is 109 Å². The number of fused-ring (bicyclic) bond motifs is 1. The molecule has 0 atom stereocenters. The predicted molar refractivity (Wildman–Crippen MR) is 133 cm³/mol. The van der Waals surface area contributed by atoms with Gasteiger partial charge in [0.05, 0.1) is 24.0 Å². The Labute approximate surface area is 202 Å². The van der Waals surface area contributed by atoms with E-state index in [1.54, 1.807) is 31.4 Å². The summed E-state index contributed by atoms with van der Waals surface area (Å²) in [4.78, 5) is 27.6. The van der Waals surface area contributed by atoms with Crippen molar-refractivity contribution in [3.05, 3.63) is 120 Å². The summed E-state index contributed by atoms with van der Waals surface area (Å²) in [6.45, 7) is 0. The van der Waals surface area contributed by atoms with Crippen LogP contribution in [0.1, 0.15) is 15.9 Å². The Hall–Kier alpha value is -4.84. The highest BCUT2D eigenvalue weighted by atomic mass is 16.6. The van der Waals surface area contributed by atoms with Crippen LogP contribution in [-0.2, 0) is 0 Å². The third-order valence-corrected chi connectivity index (χ3v) is 5.48. The molecule has 6 nitrogen and oxygen atoms in total. The summed E-state index contributed by atoms with van der Waals surface area (Å²) in [5.41, 5.74) is 2.45. The first kappa shape index (κ1) is 22.0. The van der Waals surface area contributed by atoms with Gasteiger partial charge in [0.25, 0.3) is 0 Å². The molecule has 0 fully saturated rings. The maximum Gasteiger partial charge on any atom is 0.424 e. The number of ketones is 1. The maximum absolute atomic E-state index is 13.2. The fourth-order valence-electron chi connectivity index (χ4n) is 3.82. The van der Waals surface area contributed by atoms with Gasteiger partial charge in [-0.05, 0) is 48.5 Å². The molecule has 0 N–H and O–H groups in total. The summed E-state index contributed by atoms with van der Waals surface area (Å²) in [6.07, 6.45) is 1.05. The average Bonchev–Trinajstić information content (AvgIpc) is 3.20. The lowest BCUT2D eigenvalue weighted by Crippen LogP contribution is -2.29. The third kappa shape index (κ3) is 4.50.